The second-order valence-corrected chi connectivity index (χ2v) is 11.9. The first-order valence-corrected chi connectivity index (χ1v) is 14.1. The zero-order valence-electron chi connectivity index (χ0n) is 22.0. The van der Waals surface area contributed by atoms with Crippen LogP contribution in [-0.4, -0.2) is 34.5 Å². The van der Waals surface area contributed by atoms with Crippen LogP contribution in [0.25, 0.3) is 0 Å². The van der Waals surface area contributed by atoms with Crippen molar-refractivity contribution in [3.05, 3.63) is 47.6 Å². The van der Waals surface area contributed by atoms with E-state index in [-0.39, 0.29) is 17.5 Å². The largest absolute Gasteiger partial charge is 0.458 e. The maximum atomic E-state index is 12.1. The van der Waals surface area contributed by atoms with Gasteiger partial charge in [0.05, 0.1) is 12.2 Å². The van der Waals surface area contributed by atoms with E-state index in [9.17, 15) is 15.0 Å². The number of ether oxygens (including phenoxy) is 1. The topological polar surface area (TPSA) is 66.8 Å². The Balaban J connectivity index is 1.45. The monoisotopic (exact) mass is 482 g/mol. The number of aliphatic hydroxyl groups is 2. The third kappa shape index (κ3) is 6.02. The molecule has 0 amide bonds. The van der Waals surface area contributed by atoms with Crippen molar-refractivity contribution in [3.8, 4) is 0 Å². The van der Waals surface area contributed by atoms with Gasteiger partial charge in [0, 0.05) is 12.8 Å². The number of carbonyl (C=O) groups is 1. The van der Waals surface area contributed by atoms with Crippen molar-refractivity contribution in [3.63, 3.8) is 0 Å². The van der Waals surface area contributed by atoms with Gasteiger partial charge in [0.25, 0.3) is 0 Å². The molecule has 0 aromatic heterocycles. The van der Waals surface area contributed by atoms with Crippen molar-refractivity contribution in [1.82, 2.24) is 0 Å². The molecule has 0 unspecified atom stereocenters. The summed E-state index contributed by atoms with van der Waals surface area (Å²) in [7, 11) is 0. The molecule has 7 atom stereocenters. The molecule has 0 saturated heterocycles. The molecular weight excluding hydrogens is 436 g/mol. The van der Waals surface area contributed by atoms with Gasteiger partial charge in [0.1, 0.15) is 6.10 Å². The molecule has 4 saturated carbocycles. The lowest BCUT2D eigenvalue weighted by Crippen LogP contribution is -2.35. The Morgan fingerprint density at radius 3 is 2.69 bits per heavy atom. The van der Waals surface area contributed by atoms with E-state index in [2.05, 4.69) is 44.7 Å². The molecule has 4 fully saturated rings. The predicted octanol–water partition coefficient (Wildman–Crippen LogP) is 6.44. The first-order chi connectivity index (χ1) is 16.7. The third-order valence-electron chi connectivity index (χ3n) is 9.35. The Bertz CT molecular complexity index is 878. The first kappa shape index (κ1) is 26.4. The van der Waals surface area contributed by atoms with Gasteiger partial charge in [-0.05, 0) is 104 Å². The van der Waals surface area contributed by atoms with Crippen molar-refractivity contribution in [2.24, 2.45) is 29.1 Å². The number of esters is 1. The predicted molar refractivity (Wildman–Crippen MR) is 141 cm³/mol. The standard InChI is InChI=1S/C31H46O4/c1-5-7-30(34)35-29(23-11-12-23)16-9-20(2)26-14-15-27-22(8-6-17-31(26,27)4)10-13-24-18-25(32)19-28(33)21(24)3/h9-10,13,16,20,23,25-29,32-33H,3,5-8,11-12,14-15,17-19H2,1-2,4H3/t20-,25-,26-,27+,28+,29-,31-/m1/s1. The maximum absolute atomic E-state index is 12.1. The van der Waals surface area contributed by atoms with Crippen LogP contribution in [0.3, 0.4) is 0 Å². The van der Waals surface area contributed by atoms with E-state index in [1.807, 2.05) is 6.92 Å². The number of fused-ring (bicyclic) bond motifs is 1. The van der Waals surface area contributed by atoms with Gasteiger partial charge in [-0.25, -0.2) is 0 Å². The van der Waals surface area contributed by atoms with E-state index >= 15 is 0 Å². The minimum atomic E-state index is -0.635. The molecule has 0 spiro atoms. The zero-order chi connectivity index (χ0) is 25.2. The molecule has 4 rings (SSSR count). The molecule has 0 aromatic rings. The maximum Gasteiger partial charge on any atom is 0.306 e. The smallest absolute Gasteiger partial charge is 0.306 e. The van der Waals surface area contributed by atoms with Crippen LogP contribution in [0, 0.1) is 29.1 Å². The minimum Gasteiger partial charge on any atom is -0.458 e. The Morgan fingerprint density at radius 2 is 1.97 bits per heavy atom. The number of allylic oxidation sites excluding steroid dienone is 4. The molecule has 0 aromatic carbocycles. The molecule has 4 aliphatic rings. The SMILES string of the molecule is C=C1C(=CC=C2CCC[C@]3(C)[C@@H]([C@H](C)C=C[C@@H](OC(=O)CCC)C4CC4)CC[C@@H]23)C[C@@H](O)C[C@@H]1O. The summed E-state index contributed by atoms with van der Waals surface area (Å²) in [5.74, 6) is 2.11. The van der Waals surface area contributed by atoms with Crippen LogP contribution in [0.4, 0.5) is 0 Å². The molecule has 0 bridgehead atoms. The van der Waals surface area contributed by atoms with Crippen LogP contribution in [0.2, 0.25) is 0 Å². The van der Waals surface area contributed by atoms with Crippen molar-refractivity contribution in [1.29, 1.82) is 0 Å². The van der Waals surface area contributed by atoms with E-state index in [0.717, 1.165) is 36.8 Å². The lowest BCUT2D eigenvalue weighted by Gasteiger charge is -2.44. The summed E-state index contributed by atoms with van der Waals surface area (Å²) in [6, 6.07) is 0. The molecule has 0 radical (unpaired) electrons. The third-order valence-corrected chi connectivity index (χ3v) is 9.35. The fourth-order valence-electron chi connectivity index (χ4n) is 7.16. The van der Waals surface area contributed by atoms with Gasteiger partial charge in [0.15, 0.2) is 0 Å². The summed E-state index contributed by atoms with van der Waals surface area (Å²) in [5.41, 5.74) is 3.56. The first-order valence-electron chi connectivity index (χ1n) is 14.1. The summed E-state index contributed by atoms with van der Waals surface area (Å²) in [6.07, 6.45) is 18.5. The fourth-order valence-corrected chi connectivity index (χ4v) is 7.16. The highest BCUT2D eigenvalue weighted by atomic mass is 16.5. The van der Waals surface area contributed by atoms with Gasteiger partial charge in [-0.2, -0.15) is 0 Å². The Labute approximate surface area is 212 Å². The minimum absolute atomic E-state index is 0.0516. The Hall–Kier alpha value is -1.65. The zero-order valence-corrected chi connectivity index (χ0v) is 22.0. The van der Waals surface area contributed by atoms with Gasteiger partial charge < -0.3 is 14.9 Å². The van der Waals surface area contributed by atoms with E-state index in [0.29, 0.717) is 42.9 Å². The number of rotatable bonds is 8. The van der Waals surface area contributed by atoms with Gasteiger partial charge in [0.2, 0.25) is 0 Å². The molecule has 0 aliphatic heterocycles. The summed E-state index contributed by atoms with van der Waals surface area (Å²) >= 11 is 0. The molecule has 4 aliphatic carbocycles. The van der Waals surface area contributed by atoms with E-state index in [4.69, 9.17) is 4.74 Å². The van der Waals surface area contributed by atoms with Gasteiger partial charge in [-0.3, -0.25) is 4.79 Å². The van der Waals surface area contributed by atoms with Crippen LogP contribution < -0.4 is 0 Å². The van der Waals surface area contributed by atoms with E-state index in [1.165, 1.54) is 31.3 Å². The summed E-state index contributed by atoms with van der Waals surface area (Å²) in [4.78, 5) is 12.1. The lowest BCUT2D eigenvalue weighted by atomic mass is 9.61. The number of hydrogen-bond acceptors (Lipinski definition) is 4. The quantitative estimate of drug-likeness (QED) is 0.308. The molecule has 2 N–H and O–H groups in total. The Kier molecular flexibility index (Phi) is 8.43. The van der Waals surface area contributed by atoms with Crippen molar-refractivity contribution in [2.45, 2.75) is 110 Å². The molecule has 4 heteroatoms. The van der Waals surface area contributed by atoms with E-state index < -0.39 is 12.2 Å². The molecular formula is C31H46O4. The Morgan fingerprint density at radius 1 is 1.20 bits per heavy atom. The second kappa shape index (κ2) is 11.2. The van der Waals surface area contributed by atoms with Gasteiger partial charge in [-0.15, -0.1) is 0 Å². The fraction of sp³-hybridized carbons (Fsp3) is 0.710. The molecule has 4 nitrogen and oxygen atoms in total. The molecule has 194 valence electrons. The average molecular weight is 483 g/mol. The van der Waals surface area contributed by atoms with Crippen LogP contribution in [0.15, 0.2) is 47.6 Å². The molecule has 35 heavy (non-hydrogen) atoms. The van der Waals surface area contributed by atoms with Crippen LogP contribution in [0.5, 0.6) is 0 Å². The second-order valence-electron chi connectivity index (χ2n) is 11.9. The van der Waals surface area contributed by atoms with Crippen LogP contribution >= 0.6 is 0 Å². The van der Waals surface area contributed by atoms with Crippen molar-refractivity contribution in [2.75, 3.05) is 0 Å². The number of carbonyl (C=O) groups excluding carboxylic acids is 1. The lowest BCUT2D eigenvalue weighted by molar-refractivity contribution is -0.147. The van der Waals surface area contributed by atoms with E-state index in [1.54, 1.807) is 0 Å². The van der Waals surface area contributed by atoms with Crippen molar-refractivity contribution < 1.29 is 19.7 Å². The summed E-state index contributed by atoms with van der Waals surface area (Å²) < 4.78 is 5.81. The number of hydrogen-bond donors (Lipinski definition) is 2. The van der Waals surface area contributed by atoms with Crippen LogP contribution in [-0.2, 0) is 9.53 Å². The summed E-state index contributed by atoms with van der Waals surface area (Å²) in [5, 5.41) is 20.3. The van der Waals surface area contributed by atoms with Crippen LogP contribution in [0.1, 0.15) is 91.4 Å². The normalized spacial score (nSPS) is 37.6. The average Bonchev–Trinajstić information content (AvgIpc) is 3.59. The highest BCUT2D eigenvalue weighted by molar-refractivity contribution is 5.69. The number of aliphatic hydroxyl groups excluding tert-OH is 2. The highest BCUT2D eigenvalue weighted by Gasteiger charge is 2.50. The van der Waals surface area contributed by atoms with Gasteiger partial charge >= 0.3 is 5.97 Å². The summed E-state index contributed by atoms with van der Waals surface area (Å²) in [6.45, 7) is 10.9. The highest BCUT2D eigenvalue weighted by Crippen LogP contribution is 2.59. The van der Waals surface area contributed by atoms with Gasteiger partial charge in [-0.1, -0.05) is 51.2 Å². The molecule has 0 heterocycles. The van der Waals surface area contributed by atoms with Crippen molar-refractivity contribution >= 4 is 5.97 Å².